The number of urea groups is 1. The summed E-state index contributed by atoms with van der Waals surface area (Å²) in [5.41, 5.74) is 9.63. The number of anilines is 1. The van der Waals surface area contributed by atoms with Gasteiger partial charge in [-0.25, -0.2) is 4.79 Å². The van der Waals surface area contributed by atoms with Crippen LogP contribution in [0.5, 0.6) is 34.5 Å². The average molecular weight is 1210 g/mol. The van der Waals surface area contributed by atoms with Gasteiger partial charge in [0.25, 0.3) is 18.9 Å². The maximum atomic E-state index is 12.3. The van der Waals surface area contributed by atoms with Crippen molar-refractivity contribution in [3.05, 3.63) is 277 Å². The summed E-state index contributed by atoms with van der Waals surface area (Å²) in [7, 11) is 0. The standard InChI is InChI=1S/C21H15ClN2O3.C21H17ClO3.C12H8ClIO.C8H9NO2/c22-15-6-10-17(11-7-15)27-18-12-8-16(9-13-18)24-19(20(25)23-21(24)26)14-4-2-1-3-5-14;22-18-8-12-20(13-9-18)25-19-10-6-16(7-11-19)14-21(24-15-23)17-4-2-1-3-5-17;13-9-1-5-11(6-2-9)15-12-7-3-10(14)4-8-12;9-8(11-6-10)7-4-2-1-3-5-7/h1-13,19H,(H,23,25,26);1-13,15,21H,14H2;1-8H;1-6,8H,9H2/t19-;21-;;8-/m00.1/s1. The number of nitrogens with two attached hydrogens (primary N) is 1. The van der Waals surface area contributed by atoms with Gasteiger partial charge in [0, 0.05) is 36.3 Å². The van der Waals surface area contributed by atoms with Crippen molar-refractivity contribution in [2.75, 3.05) is 4.90 Å². The molecule has 0 bridgehead atoms. The summed E-state index contributed by atoms with van der Waals surface area (Å²) < 4.78 is 28.1. The fraction of sp³-hybridized carbons (Fsp3) is 0.0645. The molecule has 1 fully saturated rings. The molecule has 1 aliphatic rings. The highest BCUT2D eigenvalue weighted by Crippen LogP contribution is 2.34. The van der Waals surface area contributed by atoms with E-state index < -0.39 is 18.3 Å². The number of ether oxygens (including phenoxy) is 5. The van der Waals surface area contributed by atoms with Crippen LogP contribution in [-0.2, 0) is 30.3 Å². The first-order chi connectivity index (χ1) is 37.9. The molecule has 0 spiro atoms. The first-order valence-electron chi connectivity index (χ1n) is 23.9. The van der Waals surface area contributed by atoms with Crippen LogP contribution in [0.3, 0.4) is 0 Å². The molecular weight excluding hydrogens is 1160 g/mol. The number of imide groups is 1. The zero-order valence-electron chi connectivity index (χ0n) is 41.3. The maximum Gasteiger partial charge on any atom is 0.329 e. The van der Waals surface area contributed by atoms with E-state index in [2.05, 4.69) is 32.6 Å². The molecule has 78 heavy (non-hydrogen) atoms. The number of benzene rings is 9. The number of hydrogen-bond acceptors (Lipinski definition) is 10. The van der Waals surface area contributed by atoms with Crippen molar-refractivity contribution < 1.29 is 42.9 Å². The first kappa shape index (κ1) is 57.5. The Balaban J connectivity index is 0.000000159. The van der Waals surface area contributed by atoms with Gasteiger partial charge in [0.2, 0.25) is 0 Å². The van der Waals surface area contributed by atoms with E-state index >= 15 is 0 Å². The predicted molar refractivity (Wildman–Crippen MR) is 312 cm³/mol. The van der Waals surface area contributed by atoms with Crippen LogP contribution in [0, 0.1) is 3.57 Å². The van der Waals surface area contributed by atoms with Crippen molar-refractivity contribution in [1.29, 1.82) is 0 Å². The molecule has 3 atom stereocenters. The summed E-state index contributed by atoms with van der Waals surface area (Å²) in [5.74, 6) is 4.01. The van der Waals surface area contributed by atoms with Crippen LogP contribution in [0.15, 0.2) is 237 Å². The lowest BCUT2D eigenvalue weighted by molar-refractivity contribution is -0.134. The summed E-state index contributed by atoms with van der Waals surface area (Å²) >= 11 is 19.8. The summed E-state index contributed by atoms with van der Waals surface area (Å²) in [4.78, 5) is 46.8. The molecule has 0 radical (unpaired) electrons. The fourth-order valence-corrected chi connectivity index (χ4v) is 8.17. The van der Waals surface area contributed by atoms with Gasteiger partial charge in [-0.3, -0.25) is 30.3 Å². The minimum absolute atomic E-state index is 0.304. The fourth-order valence-electron chi connectivity index (χ4n) is 7.43. The van der Waals surface area contributed by atoms with Gasteiger partial charge in [0.05, 0.1) is 0 Å². The third kappa shape index (κ3) is 18.0. The molecule has 10 rings (SSSR count). The second-order valence-corrected chi connectivity index (χ2v) is 19.2. The van der Waals surface area contributed by atoms with Gasteiger partial charge in [-0.1, -0.05) is 138 Å². The zero-order chi connectivity index (χ0) is 55.1. The van der Waals surface area contributed by atoms with Crippen molar-refractivity contribution >= 4 is 88.0 Å². The Morgan fingerprint density at radius 1 is 0.487 bits per heavy atom. The maximum absolute atomic E-state index is 12.3. The van der Waals surface area contributed by atoms with Crippen LogP contribution in [0.4, 0.5) is 10.5 Å². The van der Waals surface area contributed by atoms with Crippen molar-refractivity contribution in [3.63, 3.8) is 0 Å². The highest BCUT2D eigenvalue weighted by atomic mass is 127. The quantitative estimate of drug-likeness (QED) is 0.0413. The van der Waals surface area contributed by atoms with E-state index in [0.717, 1.165) is 45.3 Å². The molecule has 0 aliphatic carbocycles. The van der Waals surface area contributed by atoms with Gasteiger partial charge in [-0.2, -0.15) is 0 Å². The number of nitrogens with one attached hydrogen (secondary N) is 1. The summed E-state index contributed by atoms with van der Waals surface area (Å²) in [6.45, 7) is 0.841. The minimum atomic E-state index is -0.693. The number of carbonyl (C=O) groups excluding carboxylic acids is 4. The van der Waals surface area contributed by atoms with Crippen LogP contribution in [0.2, 0.25) is 15.1 Å². The second-order valence-electron chi connectivity index (χ2n) is 16.6. The third-order valence-corrected chi connectivity index (χ3v) is 12.7. The van der Waals surface area contributed by atoms with E-state index in [9.17, 15) is 19.2 Å². The van der Waals surface area contributed by atoms with Crippen LogP contribution in [-0.4, -0.2) is 24.9 Å². The molecule has 394 valence electrons. The van der Waals surface area contributed by atoms with Crippen LogP contribution < -0.4 is 30.2 Å². The van der Waals surface area contributed by atoms with Gasteiger partial charge < -0.3 is 23.7 Å². The van der Waals surface area contributed by atoms with Crippen LogP contribution >= 0.6 is 57.4 Å². The Labute approximate surface area is 480 Å². The molecule has 3 N–H and O–H groups in total. The molecule has 1 heterocycles. The number of rotatable bonds is 16. The van der Waals surface area contributed by atoms with Crippen LogP contribution in [0.25, 0.3) is 0 Å². The van der Waals surface area contributed by atoms with Gasteiger partial charge in [-0.15, -0.1) is 0 Å². The number of halogens is 4. The Morgan fingerprint density at radius 3 is 1.28 bits per heavy atom. The number of amides is 3. The van der Waals surface area contributed by atoms with Gasteiger partial charge >= 0.3 is 6.03 Å². The summed E-state index contributed by atoms with van der Waals surface area (Å²) in [6.07, 6.45) is -0.348. The predicted octanol–water partition coefficient (Wildman–Crippen LogP) is 16.1. The highest BCUT2D eigenvalue weighted by Gasteiger charge is 2.40. The number of nitrogens with zero attached hydrogens (tertiary/aromatic N) is 1. The van der Waals surface area contributed by atoms with E-state index in [1.165, 1.54) is 8.47 Å². The highest BCUT2D eigenvalue weighted by molar-refractivity contribution is 14.1. The van der Waals surface area contributed by atoms with Crippen molar-refractivity contribution in [2.24, 2.45) is 5.73 Å². The van der Waals surface area contributed by atoms with Gasteiger partial charge in [0.15, 0.2) is 6.23 Å². The first-order valence-corrected chi connectivity index (χ1v) is 26.1. The summed E-state index contributed by atoms with van der Waals surface area (Å²) in [5, 5.41) is 4.40. The van der Waals surface area contributed by atoms with Crippen molar-refractivity contribution in [1.82, 2.24) is 5.32 Å². The lowest BCUT2D eigenvalue weighted by Crippen LogP contribution is -2.29. The van der Waals surface area contributed by atoms with Crippen molar-refractivity contribution in [3.8, 4) is 34.5 Å². The molecule has 16 heteroatoms. The molecule has 9 aromatic carbocycles. The lowest BCUT2D eigenvalue weighted by atomic mass is 10.0. The molecule has 0 saturated carbocycles. The third-order valence-electron chi connectivity index (χ3n) is 11.2. The molecular formula is C62H49Cl3IN3O9. The Hall–Kier alpha value is -8.18. The van der Waals surface area contributed by atoms with E-state index in [1.807, 2.05) is 164 Å². The molecule has 1 aliphatic heterocycles. The Kier molecular flexibility index (Phi) is 22.1. The van der Waals surface area contributed by atoms with E-state index in [4.69, 9.17) is 59.5 Å². The minimum Gasteiger partial charge on any atom is -0.459 e. The van der Waals surface area contributed by atoms with E-state index in [1.54, 1.807) is 72.8 Å². The monoisotopic (exact) mass is 1210 g/mol. The topological polar surface area (TPSA) is 156 Å². The van der Waals surface area contributed by atoms with Crippen LogP contribution in [0.1, 0.15) is 40.6 Å². The molecule has 12 nitrogen and oxygen atoms in total. The van der Waals surface area contributed by atoms with Gasteiger partial charge in [0.1, 0.15) is 46.6 Å². The Bertz CT molecular complexity index is 3230. The van der Waals surface area contributed by atoms with Gasteiger partial charge in [-0.05, 0) is 173 Å². The molecule has 0 aromatic heterocycles. The molecule has 9 aromatic rings. The zero-order valence-corrected chi connectivity index (χ0v) is 45.7. The summed E-state index contributed by atoms with van der Waals surface area (Å²) in [6, 6.07) is 71.1. The molecule has 3 amide bonds. The number of carbonyl (C=O) groups is 4. The smallest absolute Gasteiger partial charge is 0.329 e. The van der Waals surface area contributed by atoms with E-state index in [0.29, 0.717) is 51.6 Å². The number of hydrogen-bond donors (Lipinski definition) is 2. The second kappa shape index (κ2) is 29.9. The van der Waals surface area contributed by atoms with Crippen molar-refractivity contribution in [2.45, 2.75) is 24.8 Å². The SMILES string of the molecule is Clc1ccc(Oc2ccc(I)cc2)cc1.N[C@H](OC=O)c1ccccc1.O=C1NC(=O)N(c2ccc(Oc3ccc(Cl)cc3)cc2)[C@H]1c1ccccc1.O=CO[C@@H](Cc1ccc(Oc2ccc(Cl)cc2)cc1)c1ccccc1. The normalized spacial score (nSPS) is 13.0. The van der Waals surface area contributed by atoms with E-state index in [-0.39, 0.29) is 12.0 Å². The average Bonchev–Trinajstić information content (AvgIpc) is 3.78. The largest absolute Gasteiger partial charge is 0.459 e. The molecule has 0 unspecified atom stereocenters. The Morgan fingerprint density at radius 2 is 0.859 bits per heavy atom. The molecule has 1 saturated heterocycles. The lowest BCUT2D eigenvalue weighted by Gasteiger charge is -2.22.